The molecule has 0 fully saturated rings. The summed E-state index contributed by atoms with van der Waals surface area (Å²) in [5, 5.41) is 9.51. The predicted octanol–water partition coefficient (Wildman–Crippen LogP) is 2.11. The number of benzene rings is 1. The van der Waals surface area contributed by atoms with E-state index in [2.05, 4.69) is 0 Å². The number of carbonyl (C=O) groups excluding carboxylic acids is 1. The number of hydrogen-bond acceptors (Lipinski definition) is 3. The zero-order valence-electron chi connectivity index (χ0n) is 10.6. The van der Waals surface area contributed by atoms with Crippen LogP contribution in [0.25, 0.3) is 6.08 Å². The van der Waals surface area contributed by atoms with Gasteiger partial charge in [-0.3, -0.25) is 4.79 Å². The zero-order chi connectivity index (χ0) is 12.8. The summed E-state index contributed by atoms with van der Waals surface area (Å²) in [6.45, 7) is 1.48. The highest BCUT2D eigenvalue weighted by Crippen LogP contribution is 2.13. The molecule has 0 saturated heterocycles. The third-order valence-electron chi connectivity index (χ3n) is 2.42. The van der Waals surface area contributed by atoms with E-state index in [0.29, 0.717) is 0 Å². The molecule has 1 aromatic carbocycles. The van der Waals surface area contributed by atoms with Crippen LogP contribution in [0, 0.1) is 0 Å². The summed E-state index contributed by atoms with van der Waals surface area (Å²) in [4.78, 5) is 12.8. The summed E-state index contributed by atoms with van der Waals surface area (Å²) in [7, 11) is 3.98. The summed E-state index contributed by atoms with van der Waals surface area (Å²) in [5.41, 5.74) is 2.14. The van der Waals surface area contributed by atoms with Crippen molar-refractivity contribution in [2.75, 3.05) is 19.0 Å². The molecule has 0 spiro atoms. The summed E-state index contributed by atoms with van der Waals surface area (Å²) in [6.07, 6.45) is 2.95. The van der Waals surface area contributed by atoms with E-state index in [0.717, 1.165) is 11.3 Å². The topological polar surface area (TPSA) is 40.5 Å². The van der Waals surface area contributed by atoms with Crippen LogP contribution in [-0.4, -0.2) is 31.1 Å². The van der Waals surface area contributed by atoms with Crippen LogP contribution < -0.4 is 4.90 Å². The molecular formula is C14H19NO2. The van der Waals surface area contributed by atoms with Gasteiger partial charge in [-0.05, 0) is 24.6 Å². The highest BCUT2D eigenvalue weighted by Gasteiger charge is 2.02. The number of aliphatic hydroxyl groups excluding tert-OH is 1. The maximum Gasteiger partial charge on any atom is 0.132 e. The van der Waals surface area contributed by atoms with Crippen molar-refractivity contribution >= 4 is 17.5 Å². The average Bonchev–Trinajstić information content (AvgIpc) is 2.26. The van der Waals surface area contributed by atoms with Crippen molar-refractivity contribution in [1.29, 1.82) is 0 Å². The molecule has 0 unspecified atom stereocenters. The van der Waals surface area contributed by atoms with Crippen molar-refractivity contribution in [2.24, 2.45) is 0 Å². The Kier molecular flexibility index (Phi) is 4.91. The lowest BCUT2D eigenvalue weighted by molar-refractivity contribution is -0.118. The minimum Gasteiger partial charge on any atom is -0.389 e. The van der Waals surface area contributed by atoms with E-state index in [1.54, 1.807) is 6.08 Å². The van der Waals surface area contributed by atoms with Gasteiger partial charge in [0.1, 0.15) is 5.78 Å². The molecular weight excluding hydrogens is 214 g/mol. The number of anilines is 1. The van der Waals surface area contributed by atoms with Crippen molar-refractivity contribution < 1.29 is 9.90 Å². The molecule has 17 heavy (non-hydrogen) atoms. The molecule has 92 valence electrons. The predicted molar refractivity (Wildman–Crippen MR) is 71.1 cm³/mol. The molecule has 1 rings (SSSR count). The Morgan fingerprint density at radius 2 is 1.94 bits per heavy atom. The molecule has 3 heteroatoms. The first-order chi connectivity index (χ1) is 7.99. The molecule has 0 aliphatic heterocycles. The van der Waals surface area contributed by atoms with Gasteiger partial charge < -0.3 is 10.0 Å². The molecule has 1 N–H and O–H groups in total. The number of Topliss-reactive ketones (excluding diaryl/α,β-unsaturated/α-hetero) is 1. The molecule has 0 aliphatic rings. The van der Waals surface area contributed by atoms with E-state index in [1.807, 2.05) is 49.3 Å². The fourth-order valence-corrected chi connectivity index (χ4v) is 1.47. The largest absolute Gasteiger partial charge is 0.389 e. The van der Waals surface area contributed by atoms with Gasteiger partial charge in [0.25, 0.3) is 0 Å². The maximum absolute atomic E-state index is 10.8. The molecule has 1 atom stereocenters. The van der Waals surface area contributed by atoms with Crippen LogP contribution in [-0.2, 0) is 4.79 Å². The summed E-state index contributed by atoms with van der Waals surface area (Å²) < 4.78 is 0. The lowest BCUT2D eigenvalue weighted by atomic mass is 10.1. The number of ketones is 1. The number of hydrogen-bond donors (Lipinski definition) is 1. The van der Waals surface area contributed by atoms with E-state index >= 15 is 0 Å². The lowest BCUT2D eigenvalue weighted by Crippen LogP contribution is -2.08. The van der Waals surface area contributed by atoms with Gasteiger partial charge in [0.2, 0.25) is 0 Å². The van der Waals surface area contributed by atoms with E-state index < -0.39 is 6.10 Å². The first-order valence-corrected chi connectivity index (χ1v) is 5.62. The number of nitrogens with zero attached hydrogens (tertiary/aromatic N) is 1. The molecule has 0 aliphatic carbocycles. The molecule has 0 aromatic heterocycles. The molecule has 0 heterocycles. The molecule has 0 radical (unpaired) electrons. The third-order valence-corrected chi connectivity index (χ3v) is 2.42. The Morgan fingerprint density at radius 3 is 2.41 bits per heavy atom. The fourth-order valence-electron chi connectivity index (χ4n) is 1.47. The Bertz CT molecular complexity index is 393. The SMILES string of the molecule is CC(=O)C[C@H](O)/C=C/c1ccc(N(C)C)cc1. The van der Waals surface area contributed by atoms with Crippen molar-refractivity contribution in [1.82, 2.24) is 0 Å². The van der Waals surface area contributed by atoms with Gasteiger partial charge in [0.05, 0.1) is 6.10 Å². The van der Waals surface area contributed by atoms with Gasteiger partial charge in [0.15, 0.2) is 0 Å². The van der Waals surface area contributed by atoms with Crippen molar-refractivity contribution in [3.05, 3.63) is 35.9 Å². The first kappa shape index (κ1) is 13.5. The van der Waals surface area contributed by atoms with E-state index in [9.17, 15) is 9.90 Å². The van der Waals surface area contributed by atoms with E-state index in [1.165, 1.54) is 6.92 Å². The number of carbonyl (C=O) groups is 1. The Morgan fingerprint density at radius 1 is 1.35 bits per heavy atom. The number of aliphatic hydroxyl groups is 1. The van der Waals surface area contributed by atoms with Crippen LogP contribution >= 0.6 is 0 Å². The number of rotatable bonds is 5. The quantitative estimate of drug-likeness (QED) is 0.846. The Hall–Kier alpha value is -1.61. The molecule has 0 amide bonds. The maximum atomic E-state index is 10.8. The highest BCUT2D eigenvalue weighted by atomic mass is 16.3. The van der Waals surface area contributed by atoms with Gasteiger partial charge in [0, 0.05) is 26.2 Å². The first-order valence-electron chi connectivity index (χ1n) is 5.62. The Labute approximate surface area is 102 Å². The summed E-state index contributed by atoms with van der Waals surface area (Å²) in [5.74, 6) is -0.00916. The van der Waals surface area contributed by atoms with Crippen LogP contribution in [0.5, 0.6) is 0 Å². The molecule has 3 nitrogen and oxygen atoms in total. The zero-order valence-corrected chi connectivity index (χ0v) is 10.6. The van der Waals surface area contributed by atoms with Crippen LogP contribution in [0.2, 0.25) is 0 Å². The average molecular weight is 233 g/mol. The minimum absolute atomic E-state index is 0.00916. The molecule has 1 aromatic rings. The van der Waals surface area contributed by atoms with Crippen LogP contribution in [0.3, 0.4) is 0 Å². The van der Waals surface area contributed by atoms with Gasteiger partial charge in [-0.15, -0.1) is 0 Å². The summed E-state index contributed by atoms with van der Waals surface area (Å²) >= 11 is 0. The fraction of sp³-hybridized carbons (Fsp3) is 0.357. The second-order valence-corrected chi connectivity index (χ2v) is 4.32. The van der Waals surface area contributed by atoms with Gasteiger partial charge in [-0.25, -0.2) is 0 Å². The second kappa shape index (κ2) is 6.21. The standard InChI is InChI=1S/C14H19NO2/c1-11(16)10-14(17)9-6-12-4-7-13(8-5-12)15(2)3/h4-9,14,17H,10H2,1-3H3/b9-6+/t14-/m1/s1. The molecule has 0 bridgehead atoms. The highest BCUT2D eigenvalue weighted by molar-refractivity contribution is 5.76. The Balaban J connectivity index is 2.62. The second-order valence-electron chi connectivity index (χ2n) is 4.32. The van der Waals surface area contributed by atoms with Crippen molar-refractivity contribution in [2.45, 2.75) is 19.4 Å². The van der Waals surface area contributed by atoms with Gasteiger partial charge >= 0.3 is 0 Å². The lowest BCUT2D eigenvalue weighted by Gasteiger charge is -2.11. The minimum atomic E-state index is -0.693. The van der Waals surface area contributed by atoms with Crippen LogP contribution in [0.15, 0.2) is 30.3 Å². The van der Waals surface area contributed by atoms with Crippen LogP contribution in [0.1, 0.15) is 18.9 Å². The van der Waals surface area contributed by atoms with E-state index in [-0.39, 0.29) is 12.2 Å². The molecule has 0 saturated carbocycles. The monoisotopic (exact) mass is 233 g/mol. The van der Waals surface area contributed by atoms with E-state index in [4.69, 9.17) is 0 Å². The van der Waals surface area contributed by atoms with Crippen molar-refractivity contribution in [3.8, 4) is 0 Å². The smallest absolute Gasteiger partial charge is 0.132 e. The normalized spacial score (nSPS) is 12.7. The summed E-state index contributed by atoms with van der Waals surface area (Å²) in [6, 6.07) is 7.98. The van der Waals surface area contributed by atoms with Gasteiger partial charge in [-0.2, -0.15) is 0 Å². The van der Waals surface area contributed by atoms with Crippen LogP contribution in [0.4, 0.5) is 5.69 Å². The van der Waals surface area contributed by atoms with Crippen molar-refractivity contribution in [3.63, 3.8) is 0 Å². The van der Waals surface area contributed by atoms with Gasteiger partial charge in [-0.1, -0.05) is 24.3 Å². The third kappa shape index (κ3) is 4.83.